The molecule has 5 heteroatoms. The average molecular weight is 348 g/mol. The Hall–Kier alpha value is -2.01. The maximum absolute atomic E-state index is 6.01. The van der Waals surface area contributed by atoms with Crippen molar-refractivity contribution >= 4 is 6.21 Å². The molecular formula is C20H32N2O3. The largest absolute Gasteiger partial charge is 0.493 e. The number of benzene rings is 1. The van der Waals surface area contributed by atoms with E-state index in [2.05, 4.69) is 30.8 Å². The number of allylic oxidation sites excluding steroid dienone is 1. The smallest absolute Gasteiger partial charge is 0.125 e. The molecule has 0 unspecified atom stereocenters. The molecule has 1 aromatic carbocycles. The molecule has 140 valence electrons. The zero-order valence-corrected chi connectivity index (χ0v) is 16.2. The van der Waals surface area contributed by atoms with E-state index in [1.807, 2.05) is 31.2 Å². The Morgan fingerprint density at radius 1 is 1.16 bits per heavy atom. The van der Waals surface area contributed by atoms with Gasteiger partial charge in [-0.05, 0) is 57.0 Å². The van der Waals surface area contributed by atoms with Gasteiger partial charge < -0.3 is 14.3 Å². The lowest BCUT2D eigenvalue weighted by atomic mass is 10.1. The van der Waals surface area contributed by atoms with Crippen LogP contribution >= 0.6 is 0 Å². The van der Waals surface area contributed by atoms with E-state index < -0.39 is 0 Å². The van der Waals surface area contributed by atoms with Crippen LogP contribution in [0.3, 0.4) is 0 Å². The maximum atomic E-state index is 6.01. The van der Waals surface area contributed by atoms with Gasteiger partial charge in [0.1, 0.15) is 25.2 Å². The van der Waals surface area contributed by atoms with E-state index in [4.69, 9.17) is 14.3 Å². The normalized spacial score (nSPS) is 11.6. The molecule has 0 fully saturated rings. The van der Waals surface area contributed by atoms with Crippen molar-refractivity contribution in [2.45, 2.75) is 34.1 Å². The molecule has 0 aliphatic heterocycles. The van der Waals surface area contributed by atoms with Crippen molar-refractivity contribution in [1.82, 2.24) is 4.90 Å². The number of nitrogens with zero attached hydrogens (tertiary/aromatic N) is 2. The third kappa shape index (κ3) is 8.07. The van der Waals surface area contributed by atoms with Crippen molar-refractivity contribution in [3.63, 3.8) is 0 Å². The van der Waals surface area contributed by atoms with Crippen LogP contribution in [0.25, 0.3) is 0 Å². The van der Waals surface area contributed by atoms with Gasteiger partial charge in [-0.2, -0.15) is 0 Å². The summed E-state index contributed by atoms with van der Waals surface area (Å²) in [7, 11) is 1.56. The van der Waals surface area contributed by atoms with E-state index in [0.29, 0.717) is 13.2 Å². The quantitative estimate of drug-likeness (QED) is 0.248. The van der Waals surface area contributed by atoms with Crippen molar-refractivity contribution in [2.24, 2.45) is 5.16 Å². The minimum absolute atomic E-state index is 0.592. The van der Waals surface area contributed by atoms with Crippen LogP contribution < -0.4 is 9.47 Å². The van der Waals surface area contributed by atoms with Crippen LogP contribution in [0.1, 0.15) is 31.4 Å². The van der Waals surface area contributed by atoms with Gasteiger partial charge in [0.25, 0.3) is 0 Å². The second-order valence-electron chi connectivity index (χ2n) is 5.83. The number of oxime groups is 1. The van der Waals surface area contributed by atoms with Crippen molar-refractivity contribution < 1.29 is 14.3 Å². The van der Waals surface area contributed by atoms with E-state index in [-0.39, 0.29) is 0 Å². The molecule has 0 N–H and O–H groups in total. The van der Waals surface area contributed by atoms with Crippen LogP contribution in [0.5, 0.6) is 11.5 Å². The highest BCUT2D eigenvalue weighted by atomic mass is 16.6. The second-order valence-corrected chi connectivity index (χ2v) is 5.83. The summed E-state index contributed by atoms with van der Waals surface area (Å²) in [5, 5.41) is 3.78. The zero-order valence-electron chi connectivity index (χ0n) is 16.2. The van der Waals surface area contributed by atoms with Gasteiger partial charge in [-0.15, -0.1) is 0 Å². The highest BCUT2D eigenvalue weighted by Gasteiger charge is 2.08. The number of hydrogen-bond acceptors (Lipinski definition) is 5. The van der Waals surface area contributed by atoms with Gasteiger partial charge >= 0.3 is 0 Å². The first-order valence-corrected chi connectivity index (χ1v) is 8.87. The van der Waals surface area contributed by atoms with Gasteiger partial charge in [0.15, 0.2) is 0 Å². The molecule has 0 atom stereocenters. The molecule has 0 aliphatic rings. The van der Waals surface area contributed by atoms with Gasteiger partial charge in [-0.1, -0.05) is 24.2 Å². The number of hydrogen-bond donors (Lipinski definition) is 0. The minimum atomic E-state index is 0.592. The maximum Gasteiger partial charge on any atom is 0.125 e. The van der Waals surface area contributed by atoms with Crippen LogP contribution in [-0.2, 0) is 4.84 Å². The Morgan fingerprint density at radius 3 is 2.48 bits per heavy atom. The lowest BCUT2D eigenvalue weighted by Gasteiger charge is -2.19. The first-order valence-electron chi connectivity index (χ1n) is 8.87. The Morgan fingerprint density at radius 2 is 1.88 bits per heavy atom. The SMILES string of the molecule is C/C=C/COc1cc(C)c(OCCCN(CC)CC=NOC)c(C)c1. The summed E-state index contributed by atoms with van der Waals surface area (Å²) in [6, 6.07) is 4.07. The van der Waals surface area contributed by atoms with E-state index in [1.54, 1.807) is 13.3 Å². The molecule has 0 heterocycles. The van der Waals surface area contributed by atoms with Crippen molar-refractivity contribution in [3.05, 3.63) is 35.4 Å². The zero-order chi connectivity index (χ0) is 18.5. The molecule has 1 aromatic rings. The summed E-state index contributed by atoms with van der Waals surface area (Å²) in [6.07, 6.45) is 6.72. The van der Waals surface area contributed by atoms with Gasteiger partial charge in [0.2, 0.25) is 0 Å². The second kappa shape index (κ2) is 12.4. The van der Waals surface area contributed by atoms with Gasteiger partial charge in [0, 0.05) is 13.1 Å². The van der Waals surface area contributed by atoms with Crippen LogP contribution in [0.2, 0.25) is 0 Å². The Bertz CT molecular complexity index is 533. The summed E-state index contributed by atoms with van der Waals surface area (Å²) in [5.74, 6) is 1.84. The van der Waals surface area contributed by atoms with Gasteiger partial charge in [-0.3, -0.25) is 4.90 Å². The monoisotopic (exact) mass is 348 g/mol. The first kappa shape index (κ1) is 21.0. The third-order valence-electron chi connectivity index (χ3n) is 3.85. The fourth-order valence-electron chi connectivity index (χ4n) is 2.53. The fraction of sp³-hybridized carbons (Fsp3) is 0.550. The van der Waals surface area contributed by atoms with E-state index in [0.717, 1.165) is 48.7 Å². The number of aryl methyl sites for hydroxylation is 2. The fourth-order valence-corrected chi connectivity index (χ4v) is 2.53. The predicted molar refractivity (Wildman–Crippen MR) is 104 cm³/mol. The molecule has 0 aliphatic carbocycles. The highest BCUT2D eigenvalue weighted by Crippen LogP contribution is 2.28. The molecule has 0 saturated heterocycles. The topological polar surface area (TPSA) is 43.3 Å². The Kier molecular flexibility index (Phi) is 10.4. The molecule has 5 nitrogen and oxygen atoms in total. The minimum Gasteiger partial charge on any atom is -0.493 e. The Labute approximate surface area is 152 Å². The van der Waals surface area contributed by atoms with Crippen molar-refractivity contribution in [1.29, 1.82) is 0 Å². The van der Waals surface area contributed by atoms with Crippen molar-refractivity contribution in [3.8, 4) is 11.5 Å². The van der Waals surface area contributed by atoms with Crippen molar-refractivity contribution in [2.75, 3.05) is 40.0 Å². The summed E-state index contributed by atoms with van der Waals surface area (Å²) in [4.78, 5) is 6.99. The molecule has 0 bridgehead atoms. The average Bonchev–Trinajstić information content (AvgIpc) is 2.59. The number of rotatable bonds is 12. The van der Waals surface area contributed by atoms with Crippen LogP contribution in [0.4, 0.5) is 0 Å². The summed E-state index contributed by atoms with van der Waals surface area (Å²) in [6.45, 7) is 12.3. The van der Waals surface area contributed by atoms with Crippen LogP contribution in [0.15, 0.2) is 29.4 Å². The molecule has 0 amide bonds. The van der Waals surface area contributed by atoms with Crippen LogP contribution in [-0.4, -0.2) is 51.1 Å². The third-order valence-corrected chi connectivity index (χ3v) is 3.85. The summed E-state index contributed by atoms with van der Waals surface area (Å²) < 4.78 is 11.7. The van der Waals surface area contributed by atoms with Gasteiger partial charge in [-0.25, -0.2) is 0 Å². The molecule has 0 aromatic heterocycles. The van der Waals surface area contributed by atoms with E-state index in [9.17, 15) is 0 Å². The molecule has 0 saturated carbocycles. The Balaban J connectivity index is 2.47. The lowest BCUT2D eigenvalue weighted by molar-refractivity contribution is 0.211. The summed E-state index contributed by atoms with van der Waals surface area (Å²) >= 11 is 0. The molecule has 0 radical (unpaired) electrons. The van der Waals surface area contributed by atoms with Gasteiger partial charge in [0.05, 0.1) is 12.8 Å². The first-order chi connectivity index (χ1) is 12.1. The summed E-state index contributed by atoms with van der Waals surface area (Å²) in [5.41, 5.74) is 2.21. The highest BCUT2D eigenvalue weighted by molar-refractivity contribution is 5.58. The molecule has 0 spiro atoms. The van der Waals surface area contributed by atoms with Crippen LogP contribution in [0, 0.1) is 13.8 Å². The van der Waals surface area contributed by atoms with E-state index in [1.165, 1.54) is 0 Å². The van der Waals surface area contributed by atoms with E-state index >= 15 is 0 Å². The molecule has 1 rings (SSSR count). The lowest BCUT2D eigenvalue weighted by Crippen LogP contribution is -2.27. The molecular weight excluding hydrogens is 316 g/mol. The predicted octanol–water partition coefficient (Wildman–Crippen LogP) is 3.98. The molecule has 25 heavy (non-hydrogen) atoms. The standard InChI is InChI=1S/C20H32N2O3/c1-6-8-13-24-19-15-17(3)20(18(4)16-19)25-14-9-11-22(7-2)12-10-21-23-5/h6,8,10,15-16H,7,9,11-14H2,1-5H3/b8-6+,21-10?. The number of ether oxygens (including phenoxy) is 2.